The van der Waals surface area contributed by atoms with Crippen LogP contribution >= 0.6 is 0 Å². The van der Waals surface area contributed by atoms with Gasteiger partial charge in [0, 0.05) is 11.6 Å². The molecule has 0 saturated carbocycles. The number of ether oxygens (including phenoxy) is 2. The van der Waals surface area contributed by atoms with Gasteiger partial charge in [-0.3, -0.25) is 0 Å². The van der Waals surface area contributed by atoms with E-state index in [4.69, 9.17) is 9.47 Å². The van der Waals surface area contributed by atoms with Crippen LogP contribution in [0.5, 0.6) is 11.6 Å². The second kappa shape index (κ2) is 5.00. The van der Waals surface area contributed by atoms with E-state index in [1.54, 1.807) is 6.07 Å². The van der Waals surface area contributed by atoms with Crippen molar-refractivity contribution in [1.82, 2.24) is 9.97 Å². The number of hydrogen-bond acceptors (Lipinski definition) is 4. The van der Waals surface area contributed by atoms with Gasteiger partial charge in [0.25, 0.3) is 0 Å². The van der Waals surface area contributed by atoms with Crippen molar-refractivity contribution in [2.45, 2.75) is 6.92 Å². The van der Waals surface area contributed by atoms with Crippen LogP contribution in [0.4, 0.5) is 4.39 Å². The molecule has 0 unspecified atom stereocenters. The first-order valence-electron chi connectivity index (χ1n) is 5.37. The van der Waals surface area contributed by atoms with Crippen LogP contribution in [0.15, 0.2) is 24.5 Å². The fraction of sp³-hybridized carbons (Fsp3) is 0.231. The van der Waals surface area contributed by atoms with E-state index in [1.807, 2.05) is 6.92 Å². The lowest BCUT2D eigenvalue weighted by Crippen LogP contribution is -1.98. The Morgan fingerprint density at radius 3 is 2.56 bits per heavy atom. The van der Waals surface area contributed by atoms with Crippen molar-refractivity contribution in [1.29, 1.82) is 0 Å². The van der Waals surface area contributed by atoms with E-state index in [-0.39, 0.29) is 5.82 Å². The van der Waals surface area contributed by atoms with Gasteiger partial charge in [-0.25, -0.2) is 14.4 Å². The predicted octanol–water partition coefficient (Wildman–Crippen LogP) is 2.61. The molecule has 0 N–H and O–H groups in total. The summed E-state index contributed by atoms with van der Waals surface area (Å²) in [6.07, 6.45) is 1.42. The highest BCUT2D eigenvalue weighted by Gasteiger charge is 2.16. The Balaban J connectivity index is 2.68. The molecule has 0 saturated heterocycles. The maximum Gasteiger partial charge on any atom is 0.224 e. The Morgan fingerprint density at radius 2 is 1.89 bits per heavy atom. The SMILES string of the molecule is COc1cc(F)ccc1-c1c(C)ncnc1OC. The molecule has 2 aromatic rings. The van der Waals surface area contributed by atoms with Gasteiger partial charge in [0.05, 0.1) is 25.5 Å². The minimum absolute atomic E-state index is 0.357. The summed E-state index contributed by atoms with van der Waals surface area (Å²) in [5.74, 6) is 0.502. The average molecular weight is 248 g/mol. The van der Waals surface area contributed by atoms with Gasteiger partial charge < -0.3 is 9.47 Å². The van der Waals surface area contributed by atoms with E-state index in [1.165, 1.54) is 32.7 Å². The van der Waals surface area contributed by atoms with Crippen LogP contribution in [0.1, 0.15) is 5.69 Å². The van der Waals surface area contributed by atoms with Crippen molar-refractivity contribution in [2.75, 3.05) is 14.2 Å². The Bertz CT molecular complexity index is 573. The molecular formula is C13H13FN2O2. The van der Waals surface area contributed by atoms with Crippen LogP contribution in [0.3, 0.4) is 0 Å². The van der Waals surface area contributed by atoms with Crippen molar-refractivity contribution < 1.29 is 13.9 Å². The molecule has 4 nitrogen and oxygen atoms in total. The number of hydrogen-bond donors (Lipinski definition) is 0. The van der Waals surface area contributed by atoms with Gasteiger partial charge in [-0.2, -0.15) is 0 Å². The third-order valence-corrected chi connectivity index (χ3v) is 2.63. The van der Waals surface area contributed by atoms with E-state index in [2.05, 4.69) is 9.97 Å². The largest absolute Gasteiger partial charge is 0.496 e. The molecule has 0 radical (unpaired) electrons. The van der Waals surface area contributed by atoms with Crippen molar-refractivity contribution >= 4 is 0 Å². The Morgan fingerprint density at radius 1 is 1.11 bits per heavy atom. The monoisotopic (exact) mass is 248 g/mol. The highest BCUT2D eigenvalue weighted by atomic mass is 19.1. The van der Waals surface area contributed by atoms with Crippen LogP contribution in [0.25, 0.3) is 11.1 Å². The van der Waals surface area contributed by atoms with Crippen molar-refractivity contribution in [3.05, 3.63) is 36.0 Å². The molecule has 2 rings (SSSR count). The van der Waals surface area contributed by atoms with Gasteiger partial charge >= 0.3 is 0 Å². The molecule has 1 heterocycles. The summed E-state index contributed by atoms with van der Waals surface area (Å²) < 4.78 is 23.6. The summed E-state index contributed by atoms with van der Waals surface area (Å²) in [6.45, 7) is 1.84. The number of rotatable bonds is 3. The highest BCUT2D eigenvalue weighted by Crippen LogP contribution is 2.36. The molecule has 0 aliphatic rings. The molecule has 1 aromatic carbocycles. The maximum atomic E-state index is 13.2. The summed E-state index contributed by atoms with van der Waals surface area (Å²) >= 11 is 0. The van der Waals surface area contributed by atoms with Crippen LogP contribution < -0.4 is 9.47 Å². The fourth-order valence-corrected chi connectivity index (χ4v) is 1.79. The van der Waals surface area contributed by atoms with Gasteiger partial charge in [-0.15, -0.1) is 0 Å². The van der Waals surface area contributed by atoms with Gasteiger partial charge in [0.2, 0.25) is 5.88 Å². The molecule has 0 atom stereocenters. The Labute approximate surface area is 104 Å². The van der Waals surface area contributed by atoms with Crippen molar-refractivity contribution in [2.24, 2.45) is 0 Å². The summed E-state index contributed by atoms with van der Waals surface area (Å²) in [5, 5.41) is 0. The second-order valence-electron chi connectivity index (χ2n) is 3.69. The quantitative estimate of drug-likeness (QED) is 0.837. The number of aryl methyl sites for hydroxylation is 1. The first-order chi connectivity index (χ1) is 8.67. The lowest BCUT2D eigenvalue weighted by Gasteiger charge is -2.13. The minimum atomic E-state index is -0.357. The zero-order valence-corrected chi connectivity index (χ0v) is 10.4. The summed E-state index contributed by atoms with van der Waals surface area (Å²) in [6, 6.07) is 4.31. The number of halogens is 1. The van der Waals surface area contributed by atoms with Crippen LogP contribution in [0, 0.1) is 12.7 Å². The number of methoxy groups -OCH3 is 2. The molecule has 0 amide bonds. The molecule has 18 heavy (non-hydrogen) atoms. The molecule has 94 valence electrons. The molecule has 1 aromatic heterocycles. The minimum Gasteiger partial charge on any atom is -0.496 e. The first-order valence-corrected chi connectivity index (χ1v) is 5.37. The number of aromatic nitrogens is 2. The Hall–Kier alpha value is -2.17. The molecule has 0 fully saturated rings. The van der Waals surface area contributed by atoms with E-state index in [9.17, 15) is 4.39 Å². The second-order valence-corrected chi connectivity index (χ2v) is 3.69. The summed E-state index contributed by atoms with van der Waals surface area (Å²) in [4.78, 5) is 8.17. The molecule has 0 aliphatic carbocycles. The summed E-state index contributed by atoms with van der Waals surface area (Å²) in [7, 11) is 3.02. The van der Waals surface area contributed by atoms with E-state index < -0.39 is 0 Å². The zero-order valence-electron chi connectivity index (χ0n) is 10.4. The van der Waals surface area contributed by atoms with Crippen LogP contribution in [-0.4, -0.2) is 24.2 Å². The molecule has 5 heteroatoms. The molecule has 0 bridgehead atoms. The van der Waals surface area contributed by atoms with Crippen LogP contribution in [-0.2, 0) is 0 Å². The van der Waals surface area contributed by atoms with Gasteiger partial charge in [-0.05, 0) is 19.1 Å². The topological polar surface area (TPSA) is 44.2 Å². The van der Waals surface area contributed by atoms with E-state index in [0.717, 1.165) is 5.69 Å². The fourth-order valence-electron chi connectivity index (χ4n) is 1.79. The standard InChI is InChI=1S/C13H13FN2O2/c1-8-12(13(18-3)16-7-15-8)10-5-4-9(14)6-11(10)17-2/h4-7H,1-3H3. The van der Waals surface area contributed by atoms with Crippen LogP contribution in [0.2, 0.25) is 0 Å². The Kier molecular flexibility index (Phi) is 3.41. The number of nitrogens with zero attached hydrogens (tertiary/aromatic N) is 2. The lowest BCUT2D eigenvalue weighted by molar-refractivity contribution is 0.395. The molecular weight excluding hydrogens is 235 g/mol. The van der Waals surface area contributed by atoms with E-state index in [0.29, 0.717) is 22.8 Å². The first kappa shape index (κ1) is 12.3. The van der Waals surface area contributed by atoms with Gasteiger partial charge in [0.1, 0.15) is 17.9 Å². The van der Waals surface area contributed by atoms with E-state index >= 15 is 0 Å². The normalized spacial score (nSPS) is 10.2. The number of benzene rings is 1. The zero-order chi connectivity index (χ0) is 13.1. The molecule has 0 spiro atoms. The van der Waals surface area contributed by atoms with Crippen molar-refractivity contribution in [3.8, 4) is 22.8 Å². The average Bonchev–Trinajstić information content (AvgIpc) is 2.38. The maximum absolute atomic E-state index is 13.2. The lowest BCUT2D eigenvalue weighted by atomic mass is 10.0. The van der Waals surface area contributed by atoms with Crippen molar-refractivity contribution in [3.63, 3.8) is 0 Å². The third kappa shape index (κ3) is 2.11. The van der Waals surface area contributed by atoms with Gasteiger partial charge in [0.15, 0.2) is 0 Å². The highest BCUT2D eigenvalue weighted by molar-refractivity contribution is 5.76. The predicted molar refractivity (Wildman–Crippen MR) is 65.3 cm³/mol. The van der Waals surface area contributed by atoms with Gasteiger partial charge in [-0.1, -0.05) is 0 Å². The third-order valence-electron chi connectivity index (χ3n) is 2.63. The smallest absolute Gasteiger partial charge is 0.224 e. The summed E-state index contributed by atoms with van der Waals surface area (Å²) in [5.41, 5.74) is 2.15. The molecule has 0 aliphatic heterocycles.